The lowest BCUT2D eigenvalue weighted by atomic mass is 10.2. The SMILES string of the molecule is CCCNCc1cc(COCCOCCOC)c(C)o1. The molecule has 0 spiro atoms. The molecule has 0 radical (unpaired) electrons. The molecule has 0 amide bonds. The molecule has 0 saturated carbocycles. The van der Waals surface area contributed by atoms with E-state index in [1.807, 2.05) is 6.92 Å². The molecule has 1 N–H and O–H groups in total. The van der Waals surface area contributed by atoms with Gasteiger partial charge in [0.25, 0.3) is 0 Å². The highest BCUT2D eigenvalue weighted by Crippen LogP contribution is 2.15. The van der Waals surface area contributed by atoms with Crippen molar-refractivity contribution in [2.75, 3.05) is 40.1 Å². The highest BCUT2D eigenvalue weighted by atomic mass is 16.5. The van der Waals surface area contributed by atoms with Crippen molar-refractivity contribution in [2.24, 2.45) is 0 Å². The van der Waals surface area contributed by atoms with Crippen molar-refractivity contribution >= 4 is 0 Å². The Morgan fingerprint density at radius 1 is 1.15 bits per heavy atom. The molecule has 20 heavy (non-hydrogen) atoms. The minimum absolute atomic E-state index is 0.566. The van der Waals surface area contributed by atoms with Crippen molar-refractivity contribution < 1.29 is 18.6 Å². The van der Waals surface area contributed by atoms with Gasteiger partial charge in [0.1, 0.15) is 11.5 Å². The van der Waals surface area contributed by atoms with Gasteiger partial charge in [0.15, 0.2) is 0 Å². The Balaban J connectivity index is 2.16. The van der Waals surface area contributed by atoms with Gasteiger partial charge in [-0.2, -0.15) is 0 Å². The summed E-state index contributed by atoms with van der Waals surface area (Å²) in [6.07, 6.45) is 1.12. The zero-order valence-corrected chi connectivity index (χ0v) is 12.9. The Morgan fingerprint density at radius 3 is 2.65 bits per heavy atom. The van der Waals surface area contributed by atoms with E-state index in [0.717, 1.165) is 36.6 Å². The number of hydrogen-bond donors (Lipinski definition) is 1. The molecular formula is C15H27NO4. The predicted molar refractivity (Wildman–Crippen MR) is 77.8 cm³/mol. The van der Waals surface area contributed by atoms with Gasteiger partial charge in [-0.05, 0) is 26.0 Å². The van der Waals surface area contributed by atoms with Crippen LogP contribution in [0.4, 0.5) is 0 Å². The van der Waals surface area contributed by atoms with Crippen LogP contribution in [-0.2, 0) is 27.4 Å². The maximum atomic E-state index is 5.68. The second kappa shape index (κ2) is 10.9. The average Bonchev–Trinajstić information content (AvgIpc) is 2.79. The normalized spacial score (nSPS) is 11.2. The fraction of sp³-hybridized carbons (Fsp3) is 0.733. The van der Waals surface area contributed by atoms with Crippen molar-refractivity contribution in [1.29, 1.82) is 0 Å². The van der Waals surface area contributed by atoms with Gasteiger partial charge in [0.2, 0.25) is 0 Å². The quantitative estimate of drug-likeness (QED) is 0.597. The van der Waals surface area contributed by atoms with Crippen LogP contribution in [-0.4, -0.2) is 40.1 Å². The fourth-order valence-electron chi connectivity index (χ4n) is 1.75. The Hall–Kier alpha value is -0.880. The van der Waals surface area contributed by atoms with Crippen LogP contribution in [0.1, 0.15) is 30.4 Å². The first kappa shape index (κ1) is 17.2. The van der Waals surface area contributed by atoms with Crippen molar-refractivity contribution in [1.82, 2.24) is 5.32 Å². The molecule has 0 aliphatic carbocycles. The molecule has 1 aromatic heterocycles. The molecule has 1 aromatic rings. The molecule has 116 valence electrons. The fourth-order valence-corrected chi connectivity index (χ4v) is 1.75. The highest BCUT2D eigenvalue weighted by molar-refractivity contribution is 5.19. The van der Waals surface area contributed by atoms with Crippen LogP contribution in [0.2, 0.25) is 0 Å². The molecule has 0 atom stereocenters. The maximum Gasteiger partial charge on any atom is 0.118 e. The van der Waals surface area contributed by atoms with Crippen LogP contribution in [0.15, 0.2) is 10.5 Å². The van der Waals surface area contributed by atoms with Crippen LogP contribution in [0.5, 0.6) is 0 Å². The molecule has 0 saturated heterocycles. The molecule has 0 aliphatic heterocycles. The van der Waals surface area contributed by atoms with Gasteiger partial charge in [0.05, 0.1) is 39.6 Å². The smallest absolute Gasteiger partial charge is 0.118 e. The molecule has 0 bridgehead atoms. The van der Waals surface area contributed by atoms with Gasteiger partial charge in [-0.25, -0.2) is 0 Å². The lowest BCUT2D eigenvalue weighted by molar-refractivity contribution is 0.0197. The monoisotopic (exact) mass is 285 g/mol. The number of ether oxygens (including phenoxy) is 3. The third-order valence-corrected chi connectivity index (χ3v) is 2.86. The lowest BCUT2D eigenvalue weighted by Crippen LogP contribution is -2.13. The first-order valence-corrected chi connectivity index (χ1v) is 7.21. The summed E-state index contributed by atoms with van der Waals surface area (Å²) < 4.78 is 21.5. The molecule has 1 rings (SSSR count). The molecule has 0 fully saturated rings. The minimum Gasteiger partial charge on any atom is -0.465 e. The summed E-state index contributed by atoms with van der Waals surface area (Å²) in [5.74, 6) is 1.89. The zero-order valence-electron chi connectivity index (χ0n) is 12.9. The van der Waals surface area contributed by atoms with E-state index in [2.05, 4.69) is 18.3 Å². The summed E-state index contributed by atoms with van der Waals surface area (Å²) >= 11 is 0. The molecule has 0 aromatic carbocycles. The Labute approximate surface area is 121 Å². The lowest BCUT2D eigenvalue weighted by Gasteiger charge is -2.04. The van der Waals surface area contributed by atoms with Gasteiger partial charge in [-0.3, -0.25) is 0 Å². The van der Waals surface area contributed by atoms with Crippen molar-refractivity contribution in [3.8, 4) is 0 Å². The van der Waals surface area contributed by atoms with Crippen molar-refractivity contribution in [3.05, 3.63) is 23.2 Å². The van der Waals surface area contributed by atoms with Crippen LogP contribution < -0.4 is 5.32 Å². The number of hydrogen-bond acceptors (Lipinski definition) is 5. The topological polar surface area (TPSA) is 52.9 Å². The largest absolute Gasteiger partial charge is 0.465 e. The van der Waals surface area contributed by atoms with E-state index >= 15 is 0 Å². The van der Waals surface area contributed by atoms with Gasteiger partial charge in [0, 0.05) is 12.7 Å². The summed E-state index contributed by atoms with van der Waals surface area (Å²) in [6, 6.07) is 2.06. The van der Waals surface area contributed by atoms with Gasteiger partial charge in [-0.1, -0.05) is 6.92 Å². The number of methoxy groups -OCH3 is 1. The van der Waals surface area contributed by atoms with E-state index < -0.39 is 0 Å². The second-order valence-electron chi connectivity index (χ2n) is 4.63. The Bertz CT molecular complexity index is 352. The standard InChI is InChI=1S/C15H27NO4/c1-4-5-16-11-15-10-14(13(2)20-15)12-19-9-8-18-7-6-17-3/h10,16H,4-9,11-12H2,1-3H3. The number of rotatable bonds is 12. The molecule has 0 unspecified atom stereocenters. The number of furan rings is 1. The van der Waals surface area contributed by atoms with Crippen LogP contribution in [0.25, 0.3) is 0 Å². The first-order chi connectivity index (χ1) is 9.77. The second-order valence-corrected chi connectivity index (χ2v) is 4.63. The molecule has 5 nitrogen and oxygen atoms in total. The van der Waals surface area contributed by atoms with Gasteiger partial charge in [-0.15, -0.1) is 0 Å². The first-order valence-electron chi connectivity index (χ1n) is 7.21. The summed E-state index contributed by atoms with van der Waals surface area (Å²) in [6.45, 7) is 8.86. The van der Waals surface area contributed by atoms with E-state index in [9.17, 15) is 0 Å². The Kier molecular flexibility index (Phi) is 9.32. The number of nitrogens with one attached hydrogen (secondary N) is 1. The zero-order chi connectivity index (χ0) is 14.6. The van der Waals surface area contributed by atoms with E-state index in [-0.39, 0.29) is 0 Å². The van der Waals surface area contributed by atoms with E-state index in [1.54, 1.807) is 7.11 Å². The van der Waals surface area contributed by atoms with Gasteiger partial charge >= 0.3 is 0 Å². The molecule has 5 heteroatoms. The van der Waals surface area contributed by atoms with Crippen LogP contribution in [0, 0.1) is 6.92 Å². The van der Waals surface area contributed by atoms with Gasteiger partial charge < -0.3 is 23.9 Å². The van der Waals surface area contributed by atoms with Crippen molar-refractivity contribution in [2.45, 2.75) is 33.4 Å². The molecule has 1 heterocycles. The average molecular weight is 285 g/mol. The third-order valence-electron chi connectivity index (χ3n) is 2.86. The summed E-state index contributed by atoms with van der Waals surface area (Å²) in [5.41, 5.74) is 1.11. The van der Waals surface area contributed by atoms with Crippen LogP contribution >= 0.6 is 0 Å². The van der Waals surface area contributed by atoms with E-state index in [4.69, 9.17) is 18.6 Å². The van der Waals surface area contributed by atoms with E-state index in [1.165, 1.54) is 0 Å². The maximum absolute atomic E-state index is 5.68. The molecular weight excluding hydrogens is 258 g/mol. The summed E-state index contributed by atoms with van der Waals surface area (Å²) in [7, 11) is 1.66. The minimum atomic E-state index is 0.566. The summed E-state index contributed by atoms with van der Waals surface area (Å²) in [5, 5.41) is 3.32. The van der Waals surface area contributed by atoms with Crippen LogP contribution in [0.3, 0.4) is 0 Å². The highest BCUT2D eigenvalue weighted by Gasteiger charge is 2.07. The number of aryl methyl sites for hydroxylation is 1. The van der Waals surface area contributed by atoms with E-state index in [0.29, 0.717) is 33.0 Å². The predicted octanol–water partition coefficient (Wildman–Crippen LogP) is 2.27. The summed E-state index contributed by atoms with van der Waals surface area (Å²) in [4.78, 5) is 0. The molecule has 0 aliphatic rings. The third kappa shape index (κ3) is 7.05. The Morgan fingerprint density at radius 2 is 1.90 bits per heavy atom. The van der Waals surface area contributed by atoms with Crippen molar-refractivity contribution in [3.63, 3.8) is 0 Å².